The first kappa shape index (κ1) is 14.1. The molecule has 0 radical (unpaired) electrons. The van der Waals surface area contributed by atoms with Gasteiger partial charge in [-0.3, -0.25) is 4.57 Å². The van der Waals surface area contributed by atoms with E-state index in [1.807, 2.05) is 0 Å². The van der Waals surface area contributed by atoms with Gasteiger partial charge in [0.15, 0.2) is 0 Å². The number of halogens is 1. The topological polar surface area (TPSA) is 57.5 Å². The van der Waals surface area contributed by atoms with Crippen LogP contribution in [0.4, 0.5) is 4.39 Å². The molecule has 0 spiro atoms. The molecule has 0 aliphatic carbocycles. The fourth-order valence-electron chi connectivity index (χ4n) is 1.62. The normalized spacial score (nSPS) is 12.8. The van der Waals surface area contributed by atoms with Crippen molar-refractivity contribution >= 4 is 7.60 Å². The Bertz CT molecular complexity index is 451. The van der Waals surface area contributed by atoms with E-state index in [-0.39, 0.29) is 17.6 Å². The predicted molar refractivity (Wildman–Crippen MR) is 65.1 cm³/mol. The van der Waals surface area contributed by atoms with Gasteiger partial charge in [-0.25, -0.2) is 4.39 Å². The third-order valence-electron chi connectivity index (χ3n) is 2.54. The zero-order chi connectivity index (χ0) is 12.9. The number of hydrogen-bond donors (Lipinski definition) is 2. The Balaban J connectivity index is 2.54. The Kier molecular flexibility index (Phi) is 5.06. The lowest BCUT2D eigenvalue weighted by Gasteiger charge is -2.09. The van der Waals surface area contributed by atoms with E-state index in [1.54, 1.807) is 25.1 Å². The van der Waals surface area contributed by atoms with Gasteiger partial charge < -0.3 is 9.79 Å². The highest BCUT2D eigenvalue weighted by molar-refractivity contribution is 7.56. The van der Waals surface area contributed by atoms with Gasteiger partial charge in [0.2, 0.25) is 0 Å². The van der Waals surface area contributed by atoms with Crippen LogP contribution in [0.1, 0.15) is 25.3 Å². The Morgan fingerprint density at radius 1 is 1.41 bits per heavy atom. The van der Waals surface area contributed by atoms with E-state index in [9.17, 15) is 8.96 Å². The van der Waals surface area contributed by atoms with Crippen LogP contribution in [0.5, 0.6) is 0 Å². The second kappa shape index (κ2) is 6.10. The first-order valence-electron chi connectivity index (χ1n) is 5.40. The maximum Gasteiger partial charge on any atom is 0.351 e. The Hall–Kier alpha value is -0.960. The van der Waals surface area contributed by atoms with Gasteiger partial charge in [0.25, 0.3) is 0 Å². The van der Waals surface area contributed by atoms with Crippen LogP contribution < -0.4 is 0 Å². The molecule has 0 saturated heterocycles. The SMILES string of the molecule is CC=C(CCCc1ccccc1F)P(=O)(O)O. The van der Waals surface area contributed by atoms with Crippen LogP contribution in [0.25, 0.3) is 0 Å². The number of rotatable bonds is 5. The van der Waals surface area contributed by atoms with E-state index >= 15 is 0 Å². The van der Waals surface area contributed by atoms with E-state index in [2.05, 4.69) is 0 Å². The van der Waals surface area contributed by atoms with Gasteiger partial charge in [-0.2, -0.15) is 0 Å². The quantitative estimate of drug-likeness (QED) is 0.797. The largest absolute Gasteiger partial charge is 0.351 e. The van der Waals surface area contributed by atoms with Crippen molar-refractivity contribution in [2.45, 2.75) is 26.2 Å². The second-order valence-corrected chi connectivity index (χ2v) is 5.43. The second-order valence-electron chi connectivity index (χ2n) is 3.77. The van der Waals surface area contributed by atoms with Crippen LogP contribution in [0.3, 0.4) is 0 Å². The number of allylic oxidation sites excluding steroid dienone is 2. The molecule has 1 aromatic rings. The molecule has 0 amide bonds. The first-order chi connectivity index (χ1) is 7.95. The molecule has 0 aliphatic rings. The van der Waals surface area contributed by atoms with Crippen molar-refractivity contribution in [1.82, 2.24) is 0 Å². The summed E-state index contributed by atoms with van der Waals surface area (Å²) in [6, 6.07) is 6.43. The maximum absolute atomic E-state index is 13.3. The van der Waals surface area contributed by atoms with Crippen molar-refractivity contribution < 1.29 is 18.7 Å². The summed E-state index contributed by atoms with van der Waals surface area (Å²) < 4.78 is 24.3. The number of benzene rings is 1. The molecule has 0 unspecified atom stereocenters. The van der Waals surface area contributed by atoms with Crippen molar-refractivity contribution in [2.24, 2.45) is 0 Å². The van der Waals surface area contributed by atoms with Gasteiger partial charge in [-0.15, -0.1) is 0 Å². The summed E-state index contributed by atoms with van der Waals surface area (Å²) in [5, 5.41) is 0.119. The fourth-order valence-corrected chi connectivity index (χ4v) is 2.41. The molecule has 2 N–H and O–H groups in total. The Labute approximate surface area is 100 Å². The minimum absolute atomic E-state index is 0.119. The van der Waals surface area contributed by atoms with E-state index in [4.69, 9.17) is 9.79 Å². The van der Waals surface area contributed by atoms with E-state index in [0.29, 0.717) is 18.4 Å². The minimum Gasteiger partial charge on any atom is -0.321 e. The summed E-state index contributed by atoms with van der Waals surface area (Å²) in [4.78, 5) is 18.0. The van der Waals surface area contributed by atoms with Gasteiger partial charge in [-0.1, -0.05) is 24.3 Å². The third-order valence-corrected chi connectivity index (χ3v) is 3.77. The molecular formula is C12H16FO3P. The molecule has 0 aliphatic heterocycles. The monoisotopic (exact) mass is 258 g/mol. The lowest BCUT2D eigenvalue weighted by Crippen LogP contribution is -1.92. The van der Waals surface area contributed by atoms with E-state index in [0.717, 1.165) is 0 Å². The number of hydrogen-bond acceptors (Lipinski definition) is 1. The Morgan fingerprint density at radius 2 is 2.06 bits per heavy atom. The van der Waals surface area contributed by atoms with Gasteiger partial charge >= 0.3 is 7.60 Å². The van der Waals surface area contributed by atoms with Crippen molar-refractivity contribution in [3.8, 4) is 0 Å². The average molecular weight is 258 g/mol. The molecule has 0 heterocycles. The molecule has 17 heavy (non-hydrogen) atoms. The fraction of sp³-hybridized carbons (Fsp3) is 0.333. The van der Waals surface area contributed by atoms with Crippen LogP contribution in [0, 0.1) is 5.82 Å². The smallest absolute Gasteiger partial charge is 0.321 e. The number of aryl methyl sites for hydroxylation is 1. The Morgan fingerprint density at radius 3 is 2.59 bits per heavy atom. The van der Waals surface area contributed by atoms with Gasteiger partial charge in [-0.05, 0) is 37.8 Å². The summed E-state index contributed by atoms with van der Waals surface area (Å²) in [7, 11) is -4.14. The van der Waals surface area contributed by atoms with Gasteiger partial charge in [0, 0.05) is 5.31 Å². The zero-order valence-electron chi connectivity index (χ0n) is 9.64. The molecule has 1 aromatic carbocycles. The highest BCUT2D eigenvalue weighted by Gasteiger charge is 2.19. The molecule has 1 rings (SSSR count). The minimum atomic E-state index is -4.14. The van der Waals surface area contributed by atoms with Crippen LogP contribution in [-0.4, -0.2) is 9.79 Å². The lowest BCUT2D eigenvalue weighted by atomic mass is 10.1. The standard InChI is InChI=1S/C12H16FO3P/c1-2-11(17(14,15)16)8-5-7-10-6-3-4-9-12(10)13/h2-4,6,9H,5,7-8H2,1H3,(H2,14,15,16). The summed E-state index contributed by atoms with van der Waals surface area (Å²) in [5.74, 6) is -0.272. The molecule has 0 aromatic heterocycles. The lowest BCUT2D eigenvalue weighted by molar-refractivity contribution is 0.380. The van der Waals surface area contributed by atoms with Crippen molar-refractivity contribution in [1.29, 1.82) is 0 Å². The predicted octanol–water partition coefficient (Wildman–Crippen LogP) is 3.23. The van der Waals surface area contributed by atoms with Crippen molar-refractivity contribution in [2.75, 3.05) is 0 Å². The van der Waals surface area contributed by atoms with Crippen LogP contribution in [0.2, 0.25) is 0 Å². The molecule has 0 bridgehead atoms. The highest BCUT2D eigenvalue weighted by Crippen LogP contribution is 2.47. The summed E-state index contributed by atoms with van der Waals surface area (Å²) in [5.41, 5.74) is 0.577. The molecule has 3 nitrogen and oxygen atoms in total. The first-order valence-corrected chi connectivity index (χ1v) is 7.01. The molecule has 0 fully saturated rings. The van der Waals surface area contributed by atoms with Gasteiger partial charge in [0.1, 0.15) is 5.82 Å². The molecule has 94 valence electrons. The maximum atomic E-state index is 13.3. The third kappa shape index (κ3) is 4.43. The average Bonchev–Trinajstić information content (AvgIpc) is 2.25. The van der Waals surface area contributed by atoms with Crippen LogP contribution in [-0.2, 0) is 11.0 Å². The van der Waals surface area contributed by atoms with E-state index in [1.165, 1.54) is 12.1 Å². The highest BCUT2D eigenvalue weighted by atomic mass is 31.2. The molecular weight excluding hydrogens is 242 g/mol. The summed E-state index contributed by atoms with van der Waals surface area (Å²) >= 11 is 0. The van der Waals surface area contributed by atoms with Gasteiger partial charge in [0.05, 0.1) is 0 Å². The molecule has 5 heteroatoms. The molecule has 0 atom stereocenters. The molecule has 0 saturated carbocycles. The van der Waals surface area contributed by atoms with Crippen molar-refractivity contribution in [3.63, 3.8) is 0 Å². The van der Waals surface area contributed by atoms with Crippen molar-refractivity contribution in [3.05, 3.63) is 47.0 Å². The van der Waals surface area contributed by atoms with E-state index < -0.39 is 7.60 Å². The zero-order valence-corrected chi connectivity index (χ0v) is 10.5. The van der Waals surface area contributed by atoms with Crippen LogP contribution >= 0.6 is 7.60 Å². The summed E-state index contributed by atoms with van der Waals surface area (Å²) in [6.07, 6.45) is 2.72. The summed E-state index contributed by atoms with van der Waals surface area (Å²) in [6.45, 7) is 1.59. The van der Waals surface area contributed by atoms with Crippen LogP contribution in [0.15, 0.2) is 35.7 Å².